The van der Waals surface area contributed by atoms with Crippen molar-refractivity contribution in [1.82, 2.24) is 20.9 Å². The molecule has 8 nitrogen and oxygen atoms in total. The highest BCUT2D eigenvalue weighted by atomic mass is 19.1. The number of rotatable bonds is 14. The molecule has 0 saturated carbocycles. The number of nitrogens with zero attached hydrogens (tertiary/aromatic N) is 1. The summed E-state index contributed by atoms with van der Waals surface area (Å²) in [6, 6.07) is 6.30. The van der Waals surface area contributed by atoms with Gasteiger partial charge in [-0.25, -0.2) is 8.78 Å². The van der Waals surface area contributed by atoms with E-state index in [4.69, 9.17) is 0 Å². The van der Waals surface area contributed by atoms with E-state index in [2.05, 4.69) is 16.0 Å². The summed E-state index contributed by atoms with van der Waals surface area (Å²) in [5, 5.41) is 19.1. The number of benzene rings is 2. The minimum Gasteiger partial charge on any atom is -0.390 e. The molecular formula is C29H40F2N4O4. The summed E-state index contributed by atoms with van der Waals surface area (Å²) in [6.45, 7) is 8.51. The van der Waals surface area contributed by atoms with Gasteiger partial charge in [0.2, 0.25) is 5.91 Å². The molecule has 0 spiro atoms. The molecule has 4 N–H and O–H groups in total. The van der Waals surface area contributed by atoms with Gasteiger partial charge < -0.3 is 26.0 Å². The highest BCUT2D eigenvalue weighted by Gasteiger charge is 2.25. The maximum atomic E-state index is 13.8. The minimum atomic E-state index is -1.21. The number of nitrogens with one attached hydrogen (secondary N) is 3. The van der Waals surface area contributed by atoms with Crippen molar-refractivity contribution < 1.29 is 28.3 Å². The van der Waals surface area contributed by atoms with Crippen molar-refractivity contribution >= 4 is 17.7 Å². The molecule has 214 valence electrons. The fraction of sp³-hybridized carbons (Fsp3) is 0.483. The molecule has 0 aliphatic heterocycles. The Morgan fingerprint density at radius 3 is 2.10 bits per heavy atom. The predicted octanol–water partition coefficient (Wildman–Crippen LogP) is 2.96. The highest BCUT2D eigenvalue weighted by Crippen LogP contribution is 2.16. The summed E-state index contributed by atoms with van der Waals surface area (Å²) in [7, 11) is 1.49. The molecule has 0 aliphatic carbocycles. The van der Waals surface area contributed by atoms with Crippen LogP contribution in [-0.2, 0) is 11.2 Å². The Labute approximate surface area is 229 Å². The number of halogens is 2. The predicted molar refractivity (Wildman–Crippen MR) is 147 cm³/mol. The van der Waals surface area contributed by atoms with Crippen LogP contribution in [0.5, 0.6) is 0 Å². The van der Waals surface area contributed by atoms with Gasteiger partial charge in [0.15, 0.2) is 0 Å². The van der Waals surface area contributed by atoms with Crippen LogP contribution < -0.4 is 16.0 Å². The van der Waals surface area contributed by atoms with Crippen LogP contribution in [0.3, 0.4) is 0 Å². The van der Waals surface area contributed by atoms with E-state index in [1.54, 1.807) is 30.9 Å². The lowest BCUT2D eigenvalue weighted by molar-refractivity contribution is -0.122. The first-order valence-electron chi connectivity index (χ1n) is 13.3. The van der Waals surface area contributed by atoms with Gasteiger partial charge in [0.25, 0.3) is 11.8 Å². The van der Waals surface area contributed by atoms with Crippen molar-refractivity contribution in [2.75, 3.05) is 26.7 Å². The zero-order valence-corrected chi connectivity index (χ0v) is 23.3. The van der Waals surface area contributed by atoms with Crippen LogP contribution in [0, 0.1) is 18.6 Å². The minimum absolute atomic E-state index is 0.0715. The van der Waals surface area contributed by atoms with Gasteiger partial charge in [-0.1, -0.05) is 13.8 Å². The molecule has 0 aliphatic rings. The average Bonchev–Trinajstić information content (AvgIpc) is 2.89. The molecule has 0 saturated heterocycles. The fourth-order valence-corrected chi connectivity index (χ4v) is 4.34. The molecule has 0 fully saturated rings. The maximum Gasteiger partial charge on any atom is 0.253 e. The zero-order chi connectivity index (χ0) is 29.1. The first kappa shape index (κ1) is 31.8. The first-order chi connectivity index (χ1) is 18.5. The summed E-state index contributed by atoms with van der Waals surface area (Å²) >= 11 is 0. The molecule has 3 amide bonds. The summed E-state index contributed by atoms with van der Waals surface area (Å²) in [5.74, 6) is -2.56. The second-order valence-corrected chi connectivity index (χ2v) is 9.75. The van der Waals surface area contributed by atoms with Crippen molar-refractivity contribution in [2.45, 2.75) is 65.1 Å². The molecule has 2 rings (SSSR count). The van der Waals surface area contributed by atoms with E-state index in [1.165, 1.54) is 13.1 Å². The fourth-order valence-electron chi connectivity index (χ4n) is 4.34. The van der Waals surface area contributed by atoms with Crippen LogP contribution in [0.1, 0.15) is 65.5 Å². The van der Waals surface area contributed by atoms with Gasteiger partial charge in [-0.2, -0.15) is 0 Å². The quantitative estimate of drug-likeness (QED) is 0.291. The van der Waals surface area contributed by atoms with E-state index >= 15 is 0 Å². The summed E-state index contributed by atoms with van der Waals surface area (Å²) in [4.78, 5) is 40.1. The molecule has 0 radical (unpaired) electrons. The molecule has 0 heterocycles. The molecule has 39 heavy (non-hydrogen) atoms. The van der Waals surface area contributed by atoms with E-state index in [0.717, 1.165) is 31.0 Å². The summed E-state index contributed by atoms with van der Waals surface area (Å²) in [5.41, 5.74) is 1.56. The highest BCUT2D eigenvalue weighted by molar-refractivity contribution is 6.00. The van der Waals surface area contributed by atoms with Gasteiger partial charge in [-0.3, -0.25) is 14.4 Å². The number of aryl methyl sites for hydroxylation is 1. The van der Waals surface area contributed by atoms with Gasteiger partial charge in [-0.15, -0.1) is 0 Å². The number of aliphatic hydroxyl groups excluding tert-OH is 1. The third-order valence-corrected chi connectivity index (χ3v) is 6.29. The number of carbonyl (C=O) groups is 3. The average molecular weight is 547 g/mol. The second kappa shape index (κ2) is 15.3. The normalized spacial score (nSPS) is 13.3. The largest absolute Gasteiger partial charge is 0.390 e. The van der Waals surface area contributed by atoms with E-state index in [9.17, 15) is 28.3 Å². The zero-order valence-electron chi connectivity index (χ0n) is 23.3. The van der Waals surface area contributed by atoms with Crippen LogP contribution in [0.25, 0.3) is 0 Å². The lowest BCUT2D eigenvalue weighted by Crippen LogP contribution is -2.51. The van der Waals surface area contributed by atoms with Gasteiger partial charge in [0, 0.05) is 43.9 Å². The number of carbonyl (C=O) groups excluding carboxylic acids is 3. The lowest BCUT2D eigenvalue weighted by atomic mass is 9.99. The molecule has 10 heteroatoms. The third-order valence-electron chi connectivity index (χ3n) is 6.29. The SMILES string of the molecule is CCCN(CCC)C(=O)c1cc(C)cc(C(=O)NC(Cc2cc(F)cc(F)c2)C(O)CNC(C)C(=O)NC)c1. The van der Waals surface area contributed by atoms with Crippen molar-refractivity contribution in [3.8, 4) is 0 Å². The monoisotopic (exact) mass is 546 g/mol. The summed E-state index contributed by atoms with van der Waals surface area (Å²) in [6.07, 6.45) is 0.328. The van der Waals surface area contributed by atoms with E-state index in [0.29, 0.717) is 24.2 Å². The van der Waals surface area contributed by atoms with Crippen LogP contribution in [-0.4, -0.2) is 72.6 Å². The number of hydrogen-bond donors (Lipinski definition) is 4. The molecular weight excluding hydrogens is 506 g/mol. The molecule has 2 aromatic rings. The smallest absolute Gasteiger partial charge is 0.253 e. The van der Waals surface area contributed by atoms with Gasteiger partial charge in [0.05, 0.1) is 18.2 Å². The molecule has 3 unspecified atom stereocenters. The Kier molecular flexibility index (Phi) is 12.5. The second-order valence-electron chi connectivity index (χ2n) is 9.75. The number of amides is 3. The van der Waals surface area contributed by atoms with E-state index < -0.39 is 35.7 Å². The Morgan fingerprint density at radius 1 is 0.949 bits per heavy atom. The Hall–Kier alpha value is -3.37. The Morgan fingerprint density at radius 2 is 1.54 bits per heavy atom. The molecule has 2 aromatic carbocycles. The lowest BCUT2D eigenvalue weighted by Gasteiger charge is -2.26. The maximum absolute atomic E-state index is 13.8. The molecule has 0 aromatic heterocycles. The Balaban J connectivity index is 2.31. The Bertz CT molecular complexity index is 1120. The first-order valence-corrected chi connectivity index (χ1v) is 13.3. The van der Waals surface area contributed by atoms with Crippen molar-refractivity contribution in [3.05, 3.63) is 70.3 Å². The van der Waals surface area contributed by atoms with Crippen molar-refractivity contribution in [1.29, 1.82) is 0 Å². The summed E-state index contributed by atoms with van der Waals surface area (Å²) < 4.78 is 27.7. The van der Waals surface area contributed by atoms with Crippen LogP contribution in [0.4, 0.5) is 8.78 Å². The number of hydrogen-bond acceptors (Lipinski definition) is 5. The number of likely N-dealkylation sites (N-methyl/N-ethyl adjacent to an activating group) is 1. The standard InChI is InChI=1S/C29H40F2N4O4/c1-6-8-35(9-7-2)29(39)22-11-18(3)10-21(15-22)28(38)34-25(14-20-12-23(30)16-24(31)13-20)26(36)17-33-19(4)27(37)32-5/h10-13,15-16,19,25-26,33,36H,6-9,14,17H2,1-5H3,(H,32,37)(H,34,38). The van der Waals surface area contributed by atoms with Crippen LogP contribution in [0.15, 0.2) is 36.4 Å². The van der Waals surface area contributed by atoms with Gasteiger partial charge in [-0.05, 0) is 74.6 Å². The van der Waals surface area contributed by atoms with Gasteiger partial charge in [0.1, 0.15) is 11.6 Å². The molecule has 3 atom stereocenters. The van der Waals surface area contributed by atoms with Crippen LogP contribution >= 0.6 is 0 Å². The van der Waals surface area contributed by atoms with Crippen molar-refractivity contribution in [2.24, 2.45) is 0 Å². The molecule has 0 bridgehead atoms. The van der Waals surface area contributed by atoms with Gasteiger partial charge >= 0.3 is 0 Å². The van der Waals surface area contributed by atoms with Crippen molar-refractivity contribution in [3.63, 3.8) is 0 Å². The van der Waals surface area contributed by atoms with Crippen LogP contribution in [0.2, 0.25) is 0 Å². The van der Waals surface area contributed by atoms with E-state index in [1.807, 2.05) is 13.8 Å². The van der Waals surface area contributed by atoms with E-state index in [-0.39, 0.29) is 35.9 Å². The third kappa shape index (κ3) is 9.71. The number of aliphatic hydroxyl groups is 1. The topological polar surface area (TPSA) is 111 Å².